The zero-order chi connectivity index (χ0) is 22.7. The zero-order valence-corrected chi connectivity index (χ0v) is 19.2. The van der Waals surface area contributed by atoms with Crippen LogP contribution in [0.15, 0.2) is 76.7 Å². The Balaban J connectivity index is 1.62. The largest absolute Gasteiger partial charge is 0.497 e. The van der Waals surface area contributed by atoms with Gasteiger partial charge in [0.1, 0.15) is 10.8 Å². The molecule has 32 heavy (non-hydrogen) atoms. The predicted octanol–water partition coefficient (Wildman–Crippen LogP) is 6.16. The van der Waals surface area contributed by atoms with Crippen LogP contribution in [0.5, 0.6) is 5.75 Å². The monoisotopic (exact) mass is 485 g/mol. The molecule has 0 saturated heterocycles. The fraction of sp³-hybridized carbons (Fsp3) is 0.0870. The molecule has 162 valence electrons. The highest BCUT2D eigenvalue weighted by Gasteiger charge is 2.21. The van der Waals surface area contributed by atoms with Gasteiger partial charge < -0.3 is 9.84 Å². The van der Waals surface area contributed by atoms with Crippen LogP contribution in [0, 0.1) is 0 Å². The summed E-state index contributed by atoms with van der Waals surface area (Å²) in [6.07, 6.45) is 0. The lowest BCUT2D eigenvalue weighted by molar-refractivity contribution is 0.0686. The molecule has 0 aliphatic carbocycles. The Morgan fingerprint density at radius 3 is 2.41 bits per heavy atom. The second-order valence-electron chi connectivity index (χ2n) is 6.80. The lowest BCUT2D eigenvalue weighted by atomic mass is 10.1. The number of halogens is 2. The van der Waals surface area contributed by atoms with E-state index in [0.29, 0.717) is 21.6 Å². The average molecular weight is 486 g/mol. The highest BCUT2D eigenvalue weighted by atomic mass is 35.5. The van der Waals surface area contributed by atoms with Gasteiger partial charge in [0.25, 0.3) is 0 Å². The van der Waals surface area contributed by atoms with Crippen LogP contribution in [-0.4, -0.2) is 33.2 Å². The molecule has 0 amide bonds. The Morgan fingerprint density at radius 2 is 1.78 bits per heavy atom. The zero-order valence-electron chi connectivity index (χ0n) is 16.8. The van der Waals surface area contributed by atoms with Crippen LogP contribution in [0.2, 0.25) is 10.0 Å². The van der Waals surface area contributed by atoms with Crippen LogP contribution in [-0.2, 0) is 6.54 Å². The summed E-state index contributed by atoms with van der Waals surface area (Å²) in [5.41, 5.74) is 2.62. The van der Waals surface area contributed by atoms with Gasteiger partial charge in [-0.1, -0.05) is 70.5 Å². The number of carboxylic acid groups (broad SMARTS) is 1. The number of aromatic carboxylic acids is 1. The number of hydrogen-bond donors (Lipinski definition) is 1. The third-order valence-electron chi connectivity index (χ3n) is 4.69. The van der Waals surface area contributed by atoms with Gasteiger partial charge in [0, 0.05) is 20.5 Å². The molecule has 0 aliphatic heterocycles. The van der Waals surface area contributed by atoms with Crippen molar-refractivity contribution in [2.75, 3.05) is 7.11 Å². The van der Waals surface area contributed by atoms with E-state index < -0.39 is 5.97 Å². The van der Waals surface area contributed by atoms with E-state index in [0.717, 1.165) is 27.3 Å². The summed E-state index contributed by atoms with van der Waals surface area (Å²) in [5.74, 6) is -0.402. The van der Waals surface area contributed by atoms with Crippen molar-refractivity contribution in [3.63, 3.8) is 0 Å². The van der Waals surface area contributed by atoms with Crippen molar-refractivity contribution in [2.24, 2.45) is 0 Å². The topological polar surface area (TPSA) is 77.2 Å². The van der Waals surface area contributed by atoms with Crippen LogP contribution >= 0.6 is 35.0 Å². The minimum absolute atomic E-state index is 0.110. The van der Waals surface area contributed by atoms with Gasteiger partial charge >= 0.3 is 5.97 Å². The van der Waals surface area contributed by atoms with Crippen LogP contribution in [0.25, 0.3) is 11.1 Å². The van der Waals surface area contributed by atoms with Crippen molar-refractivity contribution in [2.45, 2.75) is 16.5 Å². The molecule has 3 aromatic carbocycles. The summed E-state index contributed by atoms with van der Waals surface area (Å²) in [6.45, 7) is 0.364. The molecular weight excluding hydrogens is 469 g/mol. The summed E-state index contributed by atoms with van der Waals surface area (Å²) in [7, 11) is 1.60. The van der Waals surface area contributed by atoms with Crippen molar-refractivity contribution in [3.8, 4) is 16.9 Å². The number of benzene rings is 3. The van der Waals surface area contributed by atoms with Crippen LogP contribution in [0.3, 0.4) is 0 Å². The molecule has 4 rings (SSSR count). The number of methoxy groups -OCH3 is 1. The van der Waals surface area contributed by atoms with E-state index in [2.05, 4.69) is 10.3 Å². The summed E-state index contributed by atoms with van der Waals surface area (Å²) in [6, 6.07) is 20.4. The van der Waals surface area contributed by atoms with Gasteiger partial charge in [-0.25, -0.2) is 9.48 Å². The highest BCUT2D eigenvalue weighted by molar-refractivity contribution is 7.99. The number of carboxylic acids is 1. The van der Waals surface area contributed by atoms with Crippen molar-refractivity contribution < 1.29 is 14.6 Å². The minimum atomic E-state index is -1.14. The van der Waals surface area contributed by atoms with E-state index in [4.69, 9.17) is 27.9 Å². The number of aromatic nitrogens is 3. The summed E-state index contributed by atoms with van der Waals surface area (Å²) >= 11 is 13.7. The molecule has 0 aliphatic rings. The van der Waals surface area contributed by atoms with Gasteiger partial charge in [0.15, 0.2) is 0 Å². The standard InChI is InChI=1S/C23H17Cl2N3O3S/c1-31-17-8-2-14(3-9-17)13-28-22(21(23(29)30)26-27-28)32-18-10-11-19(20(25)12-18)15-4-6-16(24)7-5-15/h2-12H,13H2,1H3,(H,29,30). The van der Waals surface area contributed by atoms with Crippen molar-refractivity contribution in [1.82, 2.24) is 15.0 Å². The SMILES string of the molecule is COc1ccc(Cn2nnc(C(=O)O)c2Sc2ccc(-c3ccc(Cl)cc3)c(Cl)c2)cc1. The Labute approximate surface area is 198 Å². The van der Waals surface area contributed by atoms with Gasteiger partial charge in [-0.2, -0.15) is 0 Å². The fourth-order valence-electron chi connectivity index (χ4n) is 3.08. The van der Waals surface area contributed by atoms with Crippen molar-refractivity contribution in [1.29, 1.82) is 0 Å². The molecule has 6 nitrogen and oxygen atoms in total. The molecule has 0 radical (unpaired) electrons. The molecule has 0 saturated carbocycles. The van der Waals surface area contributed by atoms with E-state index >= 15 is 0 Å². The third-order valence-corrected chi connectivity index (χ3v) is 6.35. The molecular formula is C23H17Cl2N3O3S. The Hall–Kier alpha value is -3.00. The van der Waals surface area contributed by atoms with Crippen molar-refractivity contribution >= 4 is 40.9 Å². The summed E-state index contributed by atoms with van der Waals surface area (Å²) in [4.78, 5) is 12.5. The van der Waals surface area contributed by atoms with E-state index in [1.807, 2.05) is 48.5 Å². The first-order valence-electron chi connectivity index (χ1n) is 9.47. The molecule has 0 atom stereocenters. The number of ether oxygens (including phenoxy) is 1. The average Bonchev–Trinajstić information content (AvgIpc) is 3.17. The first kappa shape index (κ1) is 22.2. The minimum Gasteiger partial charge on any atom is -0.497 e. The molecule has 1 aromatic heterocycles. The third kappa shape index (κ3) is 4.91. The molecule has 0 unspecified atom stereocenters. The van der Waals surface area contributed by atoms with Gasteiger partial charge in [-0.3, -0.25) is 0 Å². The van der Waals surface area contributed by atoms with Crippen LogP contribution in [0.4, 0.5) is 0 Å². The van der Waals surface area contributed by atoms with E-state index in [9.17, 15) is 9.90 Å². The van der Waals surface area contributed by atoms with Gasteiger partial charge in [-0.15, -0.1) is 5.10 Å². The number of rotatable bonds is 7. The Kier molecular flexibility index (Phi) is 6.69. The van der Waals surface area contributed by atoms with E-state index in [1.54, 1.807) is 30.0 Å². The second-order valence-corrected chi connectivity index (χ2v) is 8.71. The van der Waals surface area contributed by atoms with Crippen LogP contribution < -0.4 is 4.74 Å². The maximum absolute atomic E-state index is 11.7. The Morgan fingerprint density at radius 1 is 1.06 bits per heavy atom. The molecule has 1 heterocycles. The molecule has 0 fully saturated rings. The molecule has 0 spiro atoms. The lowest BCUT2D eigenvalue weighted by Crippen LogP contribution is -2.05. The molecule has 9 heteroatoms. The lowest BCUT2D eigenvalue weighted by Gasteiger charge is -2.10. The molecule has 1 N–H and O–H groups in total. The Bertz CT molecular complexity index is 1260. The first-order chi connectivity index (χ1) is 15.4. The number of nitrogens with zero attached hydrogens (tertiary/aromatic N) is 3. The fourth-order valence-corrected chi connectivity index (χ4v) is 4.53. The summed E-state index contributed by atoms with van der Waals surface area (Å²) < 4.78 is 6.75. The molecule has 4 aromatic rings. The van der Waals surface area contributed by atoms with E-state index in [-0.39, 0.29) is 5.69 Å². The van der Waals surface area contributed by atoms with Gasteiger partial charge in [-0.05, 0) is 47.5 Å². The smallest absolute Gasteiger partial charge is 0.359 e. The quantitative estimate of drug-likeness (QED) is 0.337. The summed E-state index contributed by atoms with van der Waals surface area (Å²) in [5, 5.41) is 19.1. The number of carbonyl (C=O) groups is 1. The normalized spacial score (nSPS) is 10.8. The maximum Gasteiger partial charge on any atom is 0.359 e. The van der Waals surface area contributed by atoms with Crippen LogP contribution in [0.1, 0.15) is 16.1 Å². The van der Waals surface area contributed by atoms with Crippen molar-refractivity contribution in [3.05, 3.63) is 88.0 Å². The highest BCUT2D eigenvalue weighted by Crippen LogP contribution is 2.36. The predicted molar refractivity (Wildman–Crippen MR) is 125 cm³/mol. The maximum atomic E-state index is 11.7. The van der Waals surface area contributed by atoms with Gasteiger partial charge in [0.05, 0.1) is 13.7 Å². The molecule has 0 bridgehead atoms. The van der Waals surface area contributed by atoms with Gasteiger partial charge in [0.2, 0.25) is 5.69 Å². The van der Waals surface area contributed by atoms with E-state index in [1.165, 1.54) is 11.8 Å². The first-order valence-corrected chi connectivity index (χ1v) is 11.0. The second kappa shape index (κ2) is 9.65. The number of hydrogen-bond acceptors (Lipinski definition) is 5.